The lowest BCUT2D eigenvalue weighted by Gasteiger charge is -2.20. The van der Waals surface area contributed by atoms with Crippen molar-refractivity contribution in [2.75, 3.05) is 23.5 Å². The average Bonchev–Trinajstić information content (AvgIpc) is 3.21. The summed E-state index contributed by atoms with van der Waals surface area (Å²) >= 11 is 0. The first-order valence-corrected chi connectivity index (χ1v) is 11.1. The second kappa shape index (κ2) is 9.31. The fraction of sp³-hybridized carbons (Fsp3) is 0.154. The Labute approximate surface area is 206 Å². The maximum Gasteiger partial charge on any atom is 0.336 e. The number of benzene rings is 2. The largest absolute Gasteiger partial charge is 0.497 e. The highest BCUT2D eigenvalue weighted by Crippen LogP contribution is 2.34. The van der Waals surface area contributed by atoms with Crippen LogP contribution in [0.5, 0.6) is 17.4 Å². The Balaban J connectivity index is 1.45. The molecule has 0 spiro atoms. The average molecular weight is 480 g/mol. The van der Waals surface area contributed by atoms with Crippen molar-refractivity contribution in [3.63, 3.8) is 0 Å². The van der Waals surface area contributed by atoms with Crippen LogP contribution >= 0.6 is 0 Å². The molecule has 1 aliphatic rings. The molecule has 2 aromatic heterocycles. The van der Waals surface area contributed by atoms with Crippen LogP contribution in [0.2, 0.25) is 0 Å². The molecular weight excluding hydrogens is 460 g/mol. The van der Waals surface area contributed by atoms with E-state index in [1.54, 1.807) is 37.4 Å². The number of methoxy groups -OCH3 is 1. The van der Waals surface area contributed by atoms with Crippen LogP contribution < -0.4 is 19.3 Å². The molecule has 5 rings (SSSR count). The van der Waals surface area contributed by atoms with Crippen LogP contribution in [0.3, 0.4) is 0 Å². The summed E-state index contributed by atoms with van der Waals surface area (Å²) in [5.41, 5.74) is 2.59. The summed E-state index contributed by atoms with van der Waals surface area (Å²) in [5.74, 6) is 1.19. The monoisotopic (exact) mass is 480 g/mol. The fourth-order valence-corrected chi connectivity index (χ4v) is 4.04. The molecule has 1 fully saturated rings. The van der Waals surface area contributed by atoms with Gasteiger partial charge >= 0.3 is 6.03 Å². The van der Waals surface area contributed by atoms with Crippen molar-refractivity contribution in [3.8, 4) is 23.4 Å². The molecule has 10 heteroatoms. The highest BCUT2D eigenvalue weighted by Gasteiger charge is 2.39. The number of pyridine rings is 1. The molecule has 0 saturated carbocycles. The Morgan fingerprint density at radius 2 is 1.89 bits per heavy atom. The Hall–Kier alpha value is -5.04. The lowest BCUT2D eigenvalue weighted by atomic mass is 10.1. The van der Waals surface area contributed by atoms with Gasteiger partial charge in [-0.15, -0.1) is 0 Å². The van der Waals surface area contributed by atoms with E-state index in [2.05, 4.69) is 15.0 Å². The van der Waals surface area contributed by atoms with E-state index in [9.17, 15) is 9.59 Å². The molecule has 4 aromatic rings. The summed E-state index contributed by atoms with van der Waals surface area (Å²) in [6, 6.07) is 13.6. The van der Waals surface area contributed by atoms with Crippen LogP contribution in [0.25, 0.3) is 10.9 Å². The van der Waals surface area contributed by atoms with Gasteiger partial charge in [-0.2, -0.15) is 5.26 Å². The highest BCUT2D eigenvalue weighted by atomic mass is 16.5. The van der Waals surface area contributed by atoms with Gasteiger partial charge in [0.05, 0.1) is 41.1 Å². The lowest BCUT2D eigenvalue weighted by Crippen LogP contribution is -2.33. The Bertz CT molecular complexity index is 1550. The van der Waals surface area contributed by atoms with E-state index in [-0.39, 0.29) is 12.5 Å². The number of hydrogen-bond acceptors (Lipinski definition) is 8. The minimum Gasteiger partial charge on any atom is -0.497 e. The van der Waals surface area contributed by atoms with Crippen LogP contribution in [0, 0.1) is 11.3 Å². The number of rotatable bonds is 6. The Morgan fingerprint density at radius 3 is 2.67 bits per heavy atom. The second-order valence-electron chi connectivity index (χ2n) is 7.95. The molecule has 1 saturated heterocycles. The molecule has 0 atom stereocenters. The second-order valence-corrected chi connectivity index (χ2v) is 7.95. The van der Waals surface area contributed by atoms with Crippen molar-refractivity contribution < 1.29 is 19.1 Å². The molecule has 0 unspecified atom stereocenters. The molecule has 3 heterocycles. The number of fused-ring (bicyclic) bond motifs is 1. The molecule has 2 aromatic carbocycles. The first-order valence-electron chi connectivity index (χ1n) is 11.1. The number of carbonyl (C=O) groups excluding carboxylic acids is 2. The molecule has 0 radical (unpaired) electrons. The summed E-state index contributed by atoms with van der Waals surface area (Å²) in [4.78, 5) is 41.1. The minimum absolute atomic E-state index is 0.146. The van der Waals surface area contributed by atoms with Gasteiger partial charge in [-0.3, -0.25) is 14.7 Å². The molecule has 3 amide bonds. The van der Waals surface area contributed by atoms with Crippen molar-refractivity contribution in [1.29, 1.82) is 5.26 Å². The van der Waals surface area contributed by atoms with E-state index >= 15 is 0 Å². The number of hydrogen-bond donors (Lipinski definition) is 0. The van der Waals surface area contributed by atoms with Crippen molar-refractivity contribution in [2.24, 2.45) is 0 Å². The molecule has 0 aliphatic carbocycles. The van der Waals surface area contributed by atoms with E-state index in [1.807, 2.05) is 19.1 Å². The van der Waals surface area contributed by atoms with Crippen LogP contribution in [-0.4, -0.2) is 40.5 Å². The number of nitriles is 1. The number of ether oxygens (including phenoxy) is 2. The summed E-state index contributed by atoms with van der Waals surface area (Å²) < 4.78 is 11.3. The first-order chi connectivity index (χ1) is 17.5. The van der Waals surface area contributed by atoms with E-state index in [0.29, 0.717) is 51.6 Å². The SMILES string of the molecule is CCc1cc(Oc2ncnc3cc(OC)ccc23)ccc1N1C(=O)CN(c2cncc(C#N)c2)C1=O. The standard InChI is InChI=1S/C26H20N6O4/c1-3-17-9-20(36-25-21-6-4-19(35-2)10-22(21)29-15-30-25)5-7-23(17)32-24(33)14-31(26(32)34)18-8-16(11-27)12-28-13-18/h4-10,12-13,15H,3,14H2,1-2H3. The van der Waals surface area contributed by atoms with Gasteiger partial charge in [-0.1, -0.05) is 6.92 Å². The molecular formula is C26H20N6O4. The number of nitrogens with zero attached hydrogens (tertiary/aromatic N) is 6. The summed E-state index contributed by atoms with van der Waals surface area (Å²) in [5, 5.41) is 9.86. The summed E-state index contributed by atoms with van der Waals surface area (Å²) in [6.45, 7) is 1.78. The molecule has 1 aliphatic heterocycles. The third kappa shape index (κ3) is 4.03. The van der Waals surface area contributed by atoms with E-state index in [4.69, 9.17) is 14.7 Å². The molecule has 10 nitrogen and oxygen atoms in total. The lowest BCUT2D eigenvalue weighted by molar-refractivity contribution is -0.115. The molecule has 178 valence electrons. The number of imide groups is 1. The van der Waals surface area contributed by atoms with Gasteiger partial charge in [-0.05, 0) is 48.4 Å². The molecule has 36 heavy (non-hydrogen) atoms. The van der Waals surface area contributed by atoms with Crippen molar-refractivity contribution in [1.82, 2.24) is 15.0 Å². The number of anilines is 2. The Morgan fingerprint density at radius 1 is 1.06 bits per heavy atom. The minimum atomic E-state index is -0.504. The molecule has 0 N–H and O–H groups in total. The Kier molecular flexibility index (Phi) is 5.88. The predicted molar refractivity (Wildman–Crippen MR) is 131 cm³/mol. The number of aromatic nitrogens is 3. The van der Waals surface area contributed by atoms with Gasteiger partial charge in [0.2, 0.25) is 5.88 Å². The van der Waals surface area contributed by atoms with Gasteiger partial charge in [0.25, 0.3) is 5.91 Å². The quantitative estimate of drug-likeness (QED) is 0.376. The van der Waals surface area contributed by atoms with E-state index in [1.165, 1.54) is 29.7 Å². The summed E-state index contributed by atoms with van der Waals surface area (Å²) in [6.07, 6.45) is 4.82. The van der Waals surface area contributed by atoms with Crippen molar-refractivity contribution in [3.05, 3.63) is 72.3 Å². The van der Waals surface area contributed by atoms with Gasteiger partial charge in [-0.25, -0.2) is 19.7 Å². The van der Waals surface area contributed by atoms with E-state index < -0.39 is 6.03 Å². The van der Waals surface area contributed by atoms with Crippen LogP contribution in [0.4, 0.5) is 16.2 Å². The third-order valence-corrected chi connectivity index (χ3v) is 5.82. The van der Waals surface area contributed by atoms with E-state index in [0.717, 1.165) is 10.5 Å². The first kappa shape index (κ1) is 22.7. The van der Waals surface area contributed by atoms with Crippen LogP contribution in [0.1, 0.15) is 18.1 Å². The van der Waals surface area contributed by atoms with Crippen molar-refractivity contribution in [2.45, 2.75) is 13.3 Å². The fourth-order valence-electron chi connectivity index (χ4n) is 4.04. The predicted octanol–water partition coefficient (Wildman–Crippen LogP) is 4.23. The number of amides is 3. The van der Waals surface area contributed by atoms with Gasteiger partial charge in [0.1, 0.15) is 30.4 Å². The zero-order chi connectivity index (χ0) is 25.2. The zero-order valence-corrected chi connectivity index (χ0v) is 19.5. The normalized spacial score (nSPS) is 13.2. The topological polar surface area (TPSA) is 122 Å². The maximum atomic E-state index is 13.2. The van der Waals surface area contributed by atoms with Crippen LogP contribution in [-0.2, 0) is 11.2 Å². The number of aryl methyl sites for hydroxylation is 1. The van der Waals surface area contributed by atoms with Crippen LogP contribution in [0.15, 0.2) is 61.2 Å². The zero-order valence-electron chi connectivity index (χ0n) is 19.5. The van der Waals surface area contributed by atoms with Gasteiger partial charge in [0.15, 0.2) is 0 Å². The number of carbonyl (C=O) groups is 2. The highest BCUT2D eigenvalue weighted by molar-refractivity contribution is 6.27. The summed E-state index contributed by atoms with van der Waals surface area (Å²) in [7, 11) is 1.59. The number of urea groups is 1. The third-order valence-electron chi connectivity index (χ3n) is 5.82. The maximum absolute atomic E-state index is 13.2. The molecule has 0 bridgehead atoms. The van der Waals surface area contributed by atoms with Gasteiger partial charge < -0.3 is 9.47 Å². The van der Waals surface area contributed by atoms with Crippen molar-refractivity contribution >= 4 is 34.2 Å². The smallest absolute Gasteiger partial charge is 0.336 e. The van der Waals surface area contributed by atoms with Gasteiger partial charge in [0, 0.05) is 12.3 Å².